The maximum Gasteiger partial charge on any atom is 0.216 e. The van der Waals surface area contributed by atoms with Crippen LogP contribution in [0.2, 0.25) is 0 Å². The number of rotatable bonds is 9. The lowest BCUT2D eigenvalue weighted by atomic mass is 10.1. The van der Waals surface area contributed by atoms with E-state index in [0.29, 0.717) is 6.54 Å². The third-order valence-corrected chi connectivity index (χ3v) is 5.36. The van der Waals surface area contributed by atoms with E-state index in [1.807, 2.05) is 38.1 Å². The van der Waals surface area contributed by atoms with E-state index >= 15 is 0 Å². The molecule has 7 heteroatoms. The van der Waals surface area contributed by atoms with Crippen LogP contribution in [0.3, 0.4) is 0 Å². The molecule has 0 aromatic heterocycles. The van der Waals surface area contributed by atoms with Crippen LogP contribution in [0.5, 0.6) is 0 Å². The number of guanidine groups is 1. The van der Waals surface area contributed by atoms with Gasteiger partial charge in [-0.15, -0.1) is 0 Å². The van der Waals surface area contributed by atoms with Gasteiger partial charge in [0.05, 0.1) is 12.3 Å². The zero-order valence-corrected chi connectivity index (χ0v) is 16.2. The smallest absolute Gasteiger partial charge is 0.216 e. The van der Waals surface area contributed by atoms with Gasteiger partial charge < -0.3 is 10.6 Å². The van der Waals surface area contributed by atoms with Crippen LogP contribution in [0.15, 0.2) is 29.3 Å². The Kier molecular flexibility index (Phi) is 7.25. The zero-order chi connectivity index (χ0) is 18.3. The number of hydrogen-bond donors (Lipinski definition) is 3. The first-order valence-corrected chi connectivity index (χ1v) is 10.6. The van der Waals surface area contributed by atoms with Crippen molar-refractivity contribution in [1.29, 1.82) is 0 Å². The Morgan fingerprint density at radius 2 is 1.80 bits per heavy atom. The molecular weight excluding hydrogens is 336 g/mol. The van der Waals surface area contributed by atoms with Crippen molar-refractivity contribution in [3.05, 3.63) is 35.4 Å². The molecule has 6 nitrogen and oxygen atoms in total. The molecule has 140 valence electrons. The Bertz CT molecular complexity index is 665. The quantitative estimate of drug-likeness (QED) is 0.461. The van der Waals surface area contributed by atoms with Crippen LogP contribution >= 0.6 is 0 Å². The number of nitrogens with one attached hydrogen (secondary N) is 3. The molecule has 0 aliphatic heterocycles. The van der Waals surface area contributed by atoms with Gasteiger partial charge in [-0.2, -0.15) is 0 Å². The van der Waals surface area contributed by atoms with Gasteiger partial charge >= 0.3 is 0 Å². The van der Waals surface area contributed by atoms with Gasteiger partial charge in [0.1, 0.15) is 0 Å². The lowest BCUT2D eigenvalue weighted by Crippen LogP contribution is -2.38. The summed E-state index contributed by atoms with van der Waals surface area (Å²) in [5.74, 6) is 1.63. The SMILES string of the molecule is CCNC(=NCc1ccc(CS(=O)(=O)NC(C)C)cc1)NCC1CC1. The normalized spacial score (nSPS) is 15.4. The molecule has 0 unspecified atom stereocenters. The van der Waals surface area contributed by atoms with Gasteiger partial charge in [0, 0.05) is 19.1 Å². The fourth-order valence-corrected chi connectivity index (χ4v) is 3.87. The molecule has 0 atom stereocenters. The minimum atomic E-state index is -3.29. The minimum absolute atomic E-state index is 0.000310. The number of benzene rings is 1. The molecular formula is C18H30N4O2S. The highest BCUT2D eigenvalue weighted by molar-refractivity contribution is 7.88. The van der Waals surface area contributed by atoms with Crippen molar-refractivity contribution in [3.8, 4) is 0 Å². The number of nitrogens with zero attached hydrogens (tertiary/aromatic N) is 1. The summed E-state index contributed by atoms with van der Waals surface area (Å²) >= 11 is 0. The fourth-order valence-electron chi connectivity index (χ4n) is 2.44. The predicted octanol–water partition coefficient (Wildman–Crippen LogP) is 1.98. The lowest BCUT2D eigenvalue weighted by Gasteiger charge is -2.11. The highest BCUT2D eigenvalue weighted by Crippen LogP contribution is 2.27. The molecule has 1 aliphatic carbocycles. The molecule has 1 aliphatic rings. The summed E-state index contributed by atoms with van der Waals surface area (Å²) in [4.78, 5) is 4.59. The van der Waals surface area contributed by atoms with Gasteiger partial charge in [0.2, 0.25) is 10.0 Å². The minimum Gasteiger partial charge on any atom is -0.357 e. The summed E-state index contributed by atoms with van der Waals surface area (Å²) in [6, 6.07) is 7.50. The third-order valence-electron chi connectivity index (χ3n) is 3.81. The zero-order valence-electron chi connectivity index (χ0n) is 15.4. The predicted molar refractivity (Wildman–Crippen MR) is 103 cm³/mol. The first-order chi connectivity index (χ1) is 11.9. The summed E-state index contributed by atoms with van der Waals surface area (Å²) < 4.78 is 26.5. The fraction of sp³-hybridized carbons (Fsp3) is 0.611. The van der Waals surface area contributed by atoms with E-state index in [0.717, 1.165) is 36.1 Å². The summed E-state index contributed by atoms with van der Waals surface area (Å²) in [5, 5.41) is 6.61. The Balaban J connectivity index is 1.90. The average molecular weight is 367 g/mol. The van der Waals surface area contributed by atoms with Crippen molar-refractivity contribution in [2.45, 2.75) is 52.0 Å². The van der Waals surface area contributed by atoms with Gasteiger partial charge in [0.15, 0.2) is 5.96 Å². The molecule has 0 saturated heterocycles. The molecule has 2 rings (SSSR count). The second kappa shape index (κ2) is 9.20. The Morgan fingerprint density at radius 3 is 2.36 bits per heavy atom. The maximum absolute atomic E-state index is 12.0. The third kappa shape index (κ3) is 7.88. The molecule has 1 aromatic carbocycles. The van der Waals surface area contributed by atoms with E-state index < -0.39 is 10.0 Å². The number of aliphatic imine (C=N–C) groups is 1. The second-order valence-corrected chi connectivity index (χ2v) is 8.62. The molecule has 25 heavy (non-hydrogen) atoms. The van der Waals surface area contributed by atoms with E-state index in [9.17, 15) is 8.42 Å². The monoisotopic (exact) mass is 366 g/mol. The number of sulfonamides is 1. The summed E-state index contributed by atoms with van der Waals surface area (Å²) in [7, 11) is -3.29. The Hall–Kier alpha value is -1.60. The largest absolute Gasteiger partial charge is 0.357 e. The molecule has 0 amide bonds. The molecule has 0 spiro atoms. The molecule has 1 saturated carbocycles. The molecule has 1 aromatic rings. The average Bonchev–Trinajstić information content (AvgIpc) is 3.34. The Labute approximate surface area is 151 Å². The van der Waals surface area contributed by atoms with Crippen LogP contribution < -0.4 is 15.4 Å². The topological polar surface area (TPSA) is 82.6 Å². The summed E-state index contributed by atoms with van der Waals surface area (Å²) in [5.41, 5.74) is 1.83. The first-order valence-electron chi connectivity index (χ1n) is 8.98. The van der Waals surface area contributed by atoms with Crippen LogP contribution in [0, 0.1) is 5.92 Å². The number of hydrogen-bond acceptors (Lipinski definition) is 3. The van der Waals surface area contributed by atoms with Crippen LogP contribution in [-0.2, 0) is 22.3 Å². The molecule has 3 N–H and O–H groups in total. The van der Waals surface area contributed by atoms with Crippen molar-refractivity contribution in [2.75, 3.05) is 13.1 Å². The van der Waals surface area contributed by atoms with Gasteiger partial charge in [-0.25, -0.2) is 18.1 Å². The summed E-state index contributed by atoms with van der Waals surface area (Å²) in [6.45, 7) is 8.06. The van der Waals surface area contributed by atoms with Crippen LogP contribution in [0.25, 0.3) is 0 Å². The van der Waals surface area contributed by atoms with Gasteiger partial charge in [-0.1, -0.05) is 24.3 Å². The van der Waals surface area contributed by atoms with E-state index in [-0.39, 0.29) is 11.8 Å². The van der Waals surface area contributed by atoms with Crippen LogP contribution in [-0.4, -0.2) is 33.5 Å². The molecule has 0 radical (unpaired) electrons. The van der Waals surface area contributed by atoms with Crippen molar-refractivity contribution in [3.63, 3.8) is 0 Å². The second-order valence-electron chi connectivity index (χ2n) is 6.87. The molecule has 1 fully saturated rings. The van der Waals surface area contributed by atoms with Crippen molar-refractivity contribution in [1.82, 2.24) is 15.4 Å². The first kappa shape index (κ1) is 19.7. The lowest BCUT2D eigenvalue weighted by molar-refractivity contribution is 0.569. The standard InChI is InChI=1S/C18H30N4O2S/c1-4-19-18(20-11-15-5-6-15)21-12-16-7-9-17(10-8-16)13-25(23,24)22-14(2)3/h7-10,14-15,22H,4-6,11-13H2,1-3H3,(H2,19,20,21). The Morgan fingerprint density at radius 1 is 1.16 bits per heavy atom. The maximum atomic E-state index is 12.0. The van der Waals surface area contributed by atoms with E-state index in [2.05, 4.69) is 27.3 Å². The highest BCUT2D eigenvalue weighted by atomic mass is 32.2. The van der Waals surface area contributed by atoms with E-state index in [1.165, 1.54) is 12.8 Å². The molecule has 0 bridgehead atoms. The van der Waals surface area contributed by atoms with Crippen LogP contribution in [0.1, 0.15) is 44.7 Å². The van der Waals surface area contributed by atoms with Crippen molar-refractivity contribution in [2.24, 2.45) is 10.9 Å². The summed E-state index contributed by atoms with van der Waals surface area (Å²) in [6.07, 6.45) is 2.62. The van der Waals surface area contributed by atoms with Crippen molar-refractivity contribution < 1.29 is 8.42 Å². The van der Waals surface area contributed by atoms with Crippen molar-refractivity contribution >= 4 is 16.0 Å². The van der Waals surface area contributed by atoms with Crippen LogP contribution in [0.4, 0.5) is 0 Å². The van der Waals surface area contributed by atoms with Gasteiger partial charge in [-0.05, 0) is 50.7 Å². The molecule has 0 heterocycles. The van der Waals surface area contributed by atoms with Gasteiger partial charge in [0.25, 0.3) is 0 Å². The van der Waals surface area contributed by atoms with E-state index in [4.69, 9.17) is 0 Å². The van der Waals surface area contributed by atoms with E-state index in [1.54, 1.807) is 0 Å². The highest BCUT2D eigenvalue weighted by Gasteiger charge is 2.21. The van der Waals surface area contributed by atoms with Gasteiger partial charge in [-0.3, -0.25) is 0 Å².